The molecule has 308 valence electrons. The Bertz CT molecular complexity index is 2310. The normalized spacial score (nSPS) is 14.7. The van der Waals surface area contributed by atoms with Crippen molar-refractivity contribution in [3.8, 4) is 0 Å². The smallest absolute Gasteiger partial charge is 0.407 e. The molecular weight excluding hydrogens is 848 g/mol. The summed E-state index contributed by atoms with van der Waals surface area (Å²) < 4.78 is 17.4. The lowest BCUT2D eigenvalue weighted by Gasteiger charge is -2.48. The van der Waals surface area contributed by atoms with E-state index in [-0.39, 0.29) is 36.6 Å². The number of carbonyl (C=O) groups excluding carboxylic acids is 3. The lowest BCUT2D eigenvalue weighted by molar-refractivity contribution is -0.385. The number of nitro groups is 2. The summed E-state index contributed by atoms with van der Waals surface area (Å²) in [5.74, 6) is -0.879. The van der Waals surface area contributed by atoms with Crippen LogP contribution in [0.1, 0.15) is 11.1 Å². The van der Waals surface area contributed by atoms with E-state index < -0.39 is 46.2 Å². The Morgan fingerprint density at radius 2 is 1.18 bits per heavy atom. The lowest BCUT2D eigenvalue weighted by atomic mass is 10.1. The predicted molar refractivity (Wildman–Crippen MR) is 238 cm³/mol. The fraction of sp³-hybridized carbons (Fsp3) is 0.167. The zero-order chi connectivity index (χ0) is 42.6. The van der Waals surface area contributed by atoms with Gasteiger partial charge < -0.3 is 19.5 Å². The average molecular weight is 885 g/mol. The van der Waals surface area contributed by atoms with Crippen molar-refractivity contribution in [1.82, 2.24) is 10.2 Å². The fourth-order valence-corrected chi connectivity index (χ4v) is 13.5. The Balaban J connectivity index is 1.31. The molecule has 1 fully saturated rings. The van der Waals surface area contributed by atoms with Gasteiger partial charge in [0.1, 0.15) is 27.5 Å². The molecule has 0 spiro atoms. The summed E-state index contributed by atoms with van der Waals surface area (Å²) in [5, 5.41) is 26.4. The van der Waals surface area contributed by atoms with E-state index in [4.69, 9.17) is 26.4 Å². The number of rotatable bonds is 16. The summed E-state index contributed by atoms with van der Waals surface area (Å²) in [6.07, 6.45) is -1.65. The number of ether oxygens (including phenoxy) is 3. The second kappa shape index (κ2) is 20.4. The van der Waals surface area contributed by atoms with Crippen LogP contribution in [0, 0.1) is 20.2 Å². The molecule has 0 unspecified atom stereocenters. The van der Waals surface area contributed by atoms with E-state index >= 15 is 4.79 Å². The van der Waals surface area contributed by atoms with Crippen LogP contribution in [0.3, 0.4) is 0 Å². The van der Waals surface area contributed by atoms with E-state index in [1.54, 1.807) is 0 Å². The van der Waals surface area contributed by atoms with Crippen molar-refractivity contribution in [3.63, 3.8) is 0 Å². The number of β-lactam (4-membered cyclic amide) rings is 1. The quantitative estimate of drug-likeness (QED) is 0.0215. The minimum atomic E-state index is -3.26. The monoisotopic (exact) mass is 884 g/mol. The molecule has 2 atom stereocenters. The summed E-state index contributed by atoms with van der Waals surface area (Å²) in [7, 11) is 1.41. The summed E-state index contributed by atoms with van der Waals surface area (Å²) in [6, 6.07) is 39.8. The molecule has 1 aliphatic heterocycles. The van der Waals surface area contributed by atoms with Crippen LogP contribution in [-0.2, 0) is 37.0 Å². The molecule has 0 bridgehead atoms. The number of alkyl carbamates (subject to hydrolysis) is 1. The van der Waals surface area contributed by atoms with Crippen molar-refractivity contribution in [2.45, 2.75) is 24.7 Å². The third kappa shape index (κ3) is 9.95. The Hall–Kier alpha value is -5.84. The molecule has 0 aliphatic carbocycles. The van der Waals surface area contributed by atoms with Crippen molar-refractivity contribution < 1.29 is 38.4 Å². The van der Waals surface area contributed by atoms with Gasteiger partial charge >= 0.3 is 12.1 Å². The molecule has 0 radical (unpaired) electrons. The number of nitro benzene ring substituents is 2. The van der Waals surface area contributed by atoms with Crippen molar-refractivity contribution >= 4 is 96.8 Å². The van der Waals surface area contributed by atoms with Crippen LogP contribution in [0.4, 0.5) is 16.2 Å². The number of non-ortho nitro benzene ring substituents is 2. The van der Waals surface area contributed by atoms with Crippen molar-refractivity contribution in [2.24, 2.45) is 0 Å². The molecule has 1 saturated heterocycles. The van der Waals surface area contributed by atoms with Crippen LogP contribution in [0.15, 0.2) is 140 Å². The van der Waals surface area contributed by atoms with Gasteiger partial charge in [0.05, 0.1) is 9.85 Å². The minimum Gasteiger partial charge on any atom is -0.456 e. The highest BCUT2D eigenvalue weighted by Crippen LogP contribution is 2.50. The number of nitrogens with one attached hydrogen (secondary N) is 1. The molecule has 1 heterocycles. The number of likely N-dealkylation sites (tertiary alicyclic amines) is 1. The third-order valence-electron chi connectivity index (χ3n) is 9.25. The largest absolute Gasteiger partial charge is 0.456 e. The Morgan fingerprint density at radius 1 is 0.733 bits per heavy atom. The summed E-state index contributed by atoms with van der Waals surface area (Å²) in [4.78, 5) is 64.4. The van der Waals surface area contributed by atoms with Crippen LogP contribution < -0.4 is 21.2 Å². The first-order valence-corrected chi connectivity index (χ1v) is 22.3. The molecule has 1 N–H and O–H groups in total. The Labute approximate surface area is 358 Å². The first-order chi connectivity index (χ1) is 29.0. The van der Waals surface area contributed by atoms with Gasteiger partial charge in [0.15, 0.2) is 6.10 Å². The van der Waals surface area contributed by atoms with Crippen molar-refractivity contribution in [3.05, 3.63) is 171 Å². The minimum absolute atomic E-state index is 0.0708. The van der Waals surface area contributed by atoms with E-state index in [1.165, 1.54) is 84.1 Å². The van der Waals surface area contributed by atoms with Crippen molar-refractivity contribution in [2.75, 3.05) is 19.4 Å². The van der Waals surface area contributed by atoms with Gasteiger partial charge in [-0.25, -0.2) is 9.59 Å². The Kier molecular flexibility index (Phi) is 14.9. The molecule has 5 aromatic carbocycles. The summed E-state index contributed by atoms with van der Waals surface area (Å²) in [6.45, 7) is -3.39. The van der Waals surface area contributed by atoms with E-state index in [9.17, 15) is 29.8 Å². The first-order valence-electron chi connectivity index (χ1n) is 18.2. The van der Waals surface area contributed by atoms with Crippen LogP contribution in [-0.4, -0.2) is 72.5 Å². The van der Waals surface area contributed by atoms with Gasteiger partial charge in [-0.2, -0.15) is 0 Å². The zero-order valence-corrected chi connectivity index (χ0v) is 35.2. The summed E-state index contributed by atoms with van der Waals surface area (Å²) >= 11 is 8.23. The average Bonchev–Trinajstić information content (AvgIpc) is 3.27. The summed E-state index contributed by atoms with van der Waals surface area (Å²) in [5.41, 5.74) is 1.01. The van der Waals surface area contributed by atoms with Crippen LogP contribution >= 0.6 is 42.6 Å². The van der Waals surface area contributed by atoms with Gasteiger partial charge in [0, 0.05) is 50.6 Å². The van der Waals surface area contributed by atoms with Gasteiger partial charge in [-0.05, 0) is 51.3 Å². The topological polar surface area (TPSA) is 180 Å². The lowest BCUT2D eigenvalue weighted by Crippen LogP contribution is -2.68. The third-order valence-corrected chi connectivity index (χ3v) is 16.3. The molecule has 2 amide bonds. The molecule has 60 heavy (non-hydrogen) atoms. The SMILES string of the molecule is CO[C@H]1C(=O)N(C(C(=O)OCc2ccc([N+](=O)[O-])cc2)=P(c2ccccc2)(c2ccccc2)c2ccccc2)[C@@H]1SC(=S)SCCNC(=O)OCc1ccc([N+](=O)[O-])cc1. The molecule has 6 rings (SSSR count). The highest BCUT2D eigenvalue weighted by Gasteiger charge is 2.55. The standard InChI is InChI=1S/C42H37N4O10PS3/c1-54-36-37(47)44(39(36)60-42(58)59-26-25-43-41(49)56-28-30-19-23-32(24-20-30)46(52)53)38(40(48)55-27-29-17-21-31(22-18-29)45(50)51)57(33-11-5-2-6-12-33,34-13-7-3-8-14-34)35-15-9-4-10-16-35/h2-24,36,39H,25-28H2,1H3,(H,43,49)/t36-,39+/m0/s1. The number of methoxy groups -OCH3 is 1. The molecule has 0 aromatic heterocycles. The molecule has 1 aliphatic rings. The maximum absolute atomic E-state index is 15.0. The second-order valence-corrected chi connectivity index (χ2v) is 19.6. The molecule has 0 saturated carbocycles. The van der Waals surface area contributed by atoms with Gasteiger partial charge in [-0.3, -0.25) is 29.9 Å². The Morgan fingerprint density at radius 3 is 1.62 bits per heavy atom. The first kappa shape index (κ1) is 43.7. The van der Waals surface area contributed by atoms with Crippen LogP contribution in [0.25, 0.3) is 0 Å². The fourth-order valence-electron chi connectivity index (χ4n) is 6.42. The van der Waals surface area contributed by atoms with Gasteiger partial charge in [-0.15, -0.1) is 11.8 Å². The van der Waals surface area contributed by atoms with Crippen LogP contribution in [0.2, 0.25) is 0 Å². The number of nitrogens with zero attached hydrogens (tertiary/aromatic N) is 3. The molecule has 5 aromatic rings. The van der Waals surface area contributed by atoms with E-state index in [2.05, 4.69) is 5.32 Å². The number of carbonyl (C=O) groups is 3. The number of thioether (sulfide) groups is 2. The van der Waals surface area contributed by atoms with Crippen LogP contribution in [0.5, 0.6) is 0 Å². The number of hydrogen-bond donors (Lipinski definition) is 1. The second-order valence-electron chi connectivity index (χ2n) is 12.9. The number of thiocarbonyl (C=S) groups is 1. The van der Waals surface area contributed by atoms with E-state index in [0.717, 1.165) is 15.9 Å². The number of benzene rings is 5. The molecular formula is C42H37N4O10PS3. The van der Waals surface area contributed by atoms with E-state index in [1.807, 2.05) is 91.0 Å². The molecule has 18 heteroatoms. The maximum Gasteiger partial charge on any atom is 0.407 e. The number of esters is 1. The highest BCUT2D eigenvalue weighted by molar-refractivity contribution is 8.47. The molecule has 14 nitrogen and oxygen atoms in total. The maximum atomic E-state index is 15.0. The van der Waals surface area contributed by atoms with Gasteiger partial charge in [0.25, 0.3) is 17.3 Å². The van der Waals surface area contributed by atoms with Crippen molar-refractivity contribution in [1.29, 1.82) is 0 Å². The number of hydrogen-bond acceptors (Lipinski definition) is 13. The highest BCUT2D eigenvalue weighted by atomic mass is 32.2. The van der Waals surface area contributed by atoms with E-state index in [0.29, 0.717) is 20.4 Å². The van der Waals surface area contributed by atoms with Gasteiger partial charge in [-0.1, -0.05) is 115 Å². The predicted octanol–water partition coefficient (Wildman–Crippen LogP) is 6.53. The number of amides is 2. The van der Waals surface area contributed by atoms with Gasteiger partial charge in [0.2, 0.25) is 0 Å². The zero-order valence-electron chi connectivity index (χ0n) is 31.9.